The van der Waals surface area contributed by atoms with Crippen molar-refractivity contribution >= 4 is 23.8 Å². The van der Waals surface area contributed by atoms with Crippen molar-refractivity contribution in [2.45, 2.75) is 65.1 Å². The molecule has 182 valence electrons. The van der Waals surface area contributed by atoms with Crippen LogP contribution in [0.3, 0.4) is 0 Å². The Bertz CT molecular complexity index is 870. The second-order valence-corrected chi connectivity index (χ2v) is 8.70. The molecule has 1 aliphatic heterocycles. The zero-order valence-electron chi connectivity index (χ0n) is 20.5. The molecular weight excluding hydrogens is 420 g/mol. The summed E-state index contributed by atoms with van der Waals surface area (Å²) in [7, 11) is 3.30. The van der Waals surface area contributed by atoms with E-state index >= 15 is 0 Å². The number of rotatable bonds is 6. The Morgan fingerprint density at radius 1 is 1.00 bits per heavy atom. The number of amides is 3. The Morgan fingerprint density at radius 2 is 1.61 bits per heavy atom. The van der Waals surface area contributed by atoms with Crippen molar-refractivity contribution in [3.05, 3.63) is 35.5 Å². The lowest BCUT2D eigenvalue weighted by atomic mass is 9.94. The fraction of sp³-hybridized carbons (Fsp3) is 0.560. The second-order valence-electron chi connectivity index (χ2n) is 8.70. The van der Waals surface area contributed by atoms with E-state index < -0.39 is 18.1 Å². The van der Waals surface area contributed by atoms with Crippen molar-refractivity contribution in [1.29, 1.82) is 0 Å². The van der Waals surface area contributed by atoms with Gasteiger partial charge in [-0.1, -0.05) is 46.6 Å². The number of hydrogen-bond donors (Lipinski definition) is 4. The summed E-state index contributed by atoms with van der Waals surface area (Å²) < 4.78 is 5.49. The Morgan fingerprint density at radius 3 is 2.18 bits per heavy atom. The van der Waals surface area contributed by atoms with Gasteiger partial charge in [0.25, 0.3) is 0 Å². The second kappa shape index (κ2) is 12.4. The summed E-state index contributed by atoms with van der Waals surface area (Å²) in [5.74, 6) is -0.448. The van der Waals surface area contributed by atoms with E-state index in [0.717, 1.165) is 11.1 Å². The first kappa shape index (κ1) is 26.4. The van der Waals surface area contributed by atoms with Gasteiger partial charge in [-0.15, -0.1) is 0 Å². The zero-order valence-corrected chi connectivity index (χ0v) is 20.5. The van der Waals surface area contributed by atoms with Crippen molar-refractivity contribution in [3.8, 4) is 5.75 Å². The number of methoxy groups -OCH3 is 1. The van der Waals surface area contributed by atoms with Gasteiger partial charge in [-0.25, -0.2) is 0 Å². The average molecular weight is 459 g/mol. The van der Waals surface area contributed by atoms with Crippen molar-refractivity contribution < 1.29 is 19.1 Å². The van der Waals surface area contributed by atoms with Crippen LogP contribution in [0.5, 0.6) is 5.75 Å². The number of ether oxygens (including phenoxy) is 1. The van der Waals surface area contributed by atoms with Gasteiger partial charge < -0.3 is 26.0 Å². The van der Waals surface area contributed by atoms with Crippen LogP contribution in [-0.4, -0.2) is 50.0 Å². The van der Waals surface area contributed by atoms with E-state index in [-0.39, 0.29) is 29.6 Å². The smallest absolute Gasteiger partial charge is 0.246 e. The highest BCUT2D eigenvalue weighted by Crippen LogP contribution is 2.23. The van der Waals surface area contributed by atoms with Gasteiger partial charge in [0, 0.05) is 12.6 Å². The molecule has 1 aliphatic rings. The van der Waals surface area contributed by atoms with Crippen molar-refractivity contribution in [2.75, 3.05) is 14.2 Å². The number of hydrogen-bond acceptors (Lipinski definition) is 5. The van der Waals surface area contributed by atoms with Gasteiger partial charge in [0.05, 0.1) is 13.2 Å². The van der Waals surface area contributed by atoms with E-state index in [1.165, 1.54) is 0 Å². The molecule has 0 saturated heterocycles. The molecule has 0 unspecified atom stereocenters. The normalized spacial score (nSPS) is 23.9. The number of fused-ring (bicyclic) bond motifs is 2. The van der Waals surface area contributed by atoms with E-state index in [0.29, 0.717) is 25.0 Å². The lowest BCUT2D eigenvalue weighted by Crippen LogP contribution is -2.59. The summed E-state index contributed by atoms with van der Waals surface area (Å²) in [5.41, 5.74) is 1.70. The molecule has 2 rings (SSSR count). The van der Waals surface area contributed by atoms with Crippen LogP contribution in [0.25, 0.3) is 6.08 Å². The summed E-state index contributed by atoms with van der Waals surface area (Å²) in [6, 6.07) is 3.62. The molecule has 0 aliphatic carbocycles. The third-order valence-electron chi connectivity index (χ3n) is 6.48. The lowest BCUT2D eigenvalue weighted by Gasteiger charge is -2.29. The van der Waals surface area contributed by atoms with Gasteiger partial charge in [0.15, 0.2) is 0 Å². The molecule has 8 heteroatoms. The van der Waals surface area contributed by atoms with Crippen LogP contribution in [0.4, 0.5) is 0 Å². The first-order chi connectivity index (χ1) is 15.7. The number of nitrogens with one attached hydrogen (secondary N) is 4. The average Bonchev–Trinajstić information content (AvgIpc) is 2.82. The molecule has 1 heterocycles. The van der Waals surface area contributed by atoms with Crippen molar-refractivity contribution in [3.63, 3.8) is 0 Å². The van der Waals surface area contributed by atoms with E-state index in [1.54, 1.807) is 26.4 Å². The van der Waals surface area contributed by atoms with Crippen LogP contribution in [0, 0.1) is 11.8 Å². The third kappa shape index (κ3) is 6.81. The van der Waals surface area contributed by atoms with E-state index in [4.69, 9.17) is 4.74 Å². The molecule has 0 radical (unpaired) electrons. The molecule has 5 atom stereocenters. The molecule has 33 heavy (non-hydrogen) atoms. The van der Waals surface area contributed by atoms with E-state index in [9.17, 15) is 14.4 Å². The van der Waals surface area contributed by atoms with Crippen LogP contribution in [-0.2, 0) is 20.8 Å². The molecule has 0 saturated carbocycles. The first-order valence-corrected chi connectivity index (χ1v) is 11.7. The molecule has 8 nitrogen and oxygen atoms in total. The maximum atomic E-state index is 13.3. The molecule has 0 aromatic heterocycles. The SMILES string of the molecule is CC[C@@H](C)[C@H]1NC(=O)[C@H](NC)Cc2cc(ccc2OC)C=CNC(=O)[C@H]([C@@H](C)CC)NC1=O. The Balaban J connectivity index is 2.52. The van der Waals surface area contributed by atoms with Gasteiger partial charge in [-0.05, 0) is 48.2 Å². The maximum absolute atomic E-state index is 13.3. The minimum Gasteiger partial charge on any atom is -0.496 e. The summed E-state index contributed by atoms with van der Waals surface area (Å²) in [6.45, 7) is 7.78. The highest BCUT2D eigenvalue weighted by atomic mass is 16.5. The predicted molar refractivity (Wildman–Crippen MR) is 129 cm³/mol. The van der Waals surface area contributed by atoms with Crippen LogP contribution in [0.1, 0.15) is 51.7 Å². The fourth-order valence-electron chi connectivity index (χ4n) is 3.82. The molecule has 1 aromatic carbocycles. The quantitative estimate of drug-likeness (QED) is 0.521. The molecule has 4 N–H and O–H groups in total. The maximum Gasteiger partial charge on any atom is 0.246 e. The largest absolute Gasteiger partial charge is 0.496 e. The molecule has 3 amide bonds. The summed E-state index contributed by atoms with van der Waals surface area (Å²) >= 11 is 0. The minimum atomic E-state index is -0.758. The first-order valence-electron chi connectivity index (χ1n) is 11.7. The van der Waals surface area contributed by atoms with E-state index in [1.807, 2.05) is 45.9 Å². The summed E-state index contributed by atoms with van der Waals surface area (Å²) in [5, 5.41) is 11.7. The van der Waals surface area contributed by atoms with Crippen molar-refractivity contribution in [2.24, 2.45) is 11.8 Å². The number of benzene rings is 1. The standard InChI is InChI=1S/C25H38N4O4/c1-7-15(3)21-24(31)27-12-11-17-9-10-20(33-6)18(13-17)14-19(26-5)23(30)28-22(16(4)8-2)25(32)29-21/h9-13,15-16,19,21-22,26H,7-8,14H2,1-6H3,(H,27,31)(H,28,30)(H,29,32)/t15-,16+,19+,21-,22+/m0/s1. The molecule has 2 bridgehead atoms. The Hall–Kier alpha value is -2.87. The monoisotopic (exact) mass is 458 g/mol. The van der Waals surface area contributed by atoms with Crippen LogP contribution >= 0.6 is 0 Å². The summed E-state index contributed by atoms with van der Waals surface area (Å²) in [6.07, 6.45) is 5.16. The topological polar surface area (TPSA) is 109 Å². The van der Waals surface area contributed by atoms with Gasteiger partial charge in [-0.3, -0.25) is 14.4 Å². The van der Waals surface area contributed by atoms with Gasteiger partial charge in [0.1, 0.15) is 17.8 Å². The minimum absolute atomic E-state index is 0.0797. The van der Waals surface area contributed by atoms with Crippen LogP contribution < -0.4 is 26.0 Å². The fourth-order valence-corrected chi connectivity index (χ4v) is 3.82. The zero-order chi connectivity index (χ0) is 24.5. The van der Waals surface area contributed by atoms with Gasteiger partial charge in [0.2, 0.25) is 17.7 Å². The molecule has 0 spiro atoms. The van der Waals surface area contributed by atoms with E-state index in [2.05, 4.69) is 21.3 Å². The highest BCUT2D eigenvalue weighted by molar-refractivity contribution is 5.93. The van der Waals surface area contributed by atoms with Crippen LogP contribution in [0.2, 0.25) is 0 Å². The Labute approximate surface area is 196 Å². The van der Waals surface area contributed by atoms with Crippen LogP contribution in [0.15, 0.2) is 24.4 Å². The number of likely N-dealkylation sites (N-methyl/N-ethyl adjacent to an activating group) is 1. The van der Waals surface area contributed by atoms with Gasteiger partial charge >= 0.3 is 0 Å². The summed E-state index contributed by atoms with van der Waals surface area (Å²) in [4.78, 5) is 39.4. The highest BCUT2D eigenvalue weighted by Gasteiger charge is 2.33. The predicted octanol–water partition coefficient (Wildman–Crippen LogP) is 1.99. The number of carbonyl (C=O) groups excluding carboxylic acids is 3. The van der Waals surface area contributed by atoms with Gasteiger partial charge in [-0.2, -0.15) is 0 Å². The van der Waals surface area contributed by atoms with Crippen molar-refractivity contribution in [1.82, 2.24) is 21.3 Å². The molecular formula is C25H38N4O4. The molecule has 0 fully saturated rings. The lowest BCUT2D eigenvalue weighted by molar-refractivity contribution is -0.134. The Kier molecular flexibility index (Phi) is 9.91. The molecule has 1 aromatic rings. The number of carbonyl (C=O) groups is 3. The third-order valence-corrected chi connectivity index (χ3v) is 6.48.